The molecule has 1 aromatic carbocycles. The van der Waals surface area contributed by atoms with Gasteiger partial charge in [-0.25, -0.2) is 17.5 Å². The number of hydrogen-bond acceptors (Lipinski definition) is 5. The van der Waals surface area contributed by atoms with E-state index in [1.807, 2.05) is 4.72 Å². The van der Waals surface area contributed by atoms with E-state index in [1.54, 1.807) is 0 Å². The van der Waals surface area contributed by atoms with Gasteiger partial charge in [0.2, 0.25) is 5.91 Å². The highest BCUT2D eigenvalue weighted by molar-refractivity contribution is 7.90. The molecule has 0 saturated heterocycles. The molecule has 5 rings (SSSR count). The first-order valence-electron chi connectivity index (χ1n) is 15.6. The van der Waals surface area contributed by atoms with Crippen LogP contribution in [0.2, 0.25) is 0 Å². The van der Waals surface area contributed by atoms with Crippen LogP contribution in [-0.2, 0) is 19.6 Å². The van der Waals surface area contributed by atoms with Crippen LogP contribution < -0.4 is 10.0 Å². The van der Waals surface area contributed by atoms with E-state index in [4.69, 9.17) is 0 Å². The quantitative estimate of drug-likeness (QED) is 0.386. The number of fused-ring (bicyclic) bond motifs is 5. The SMILES string of the molecule is C[C@H](CC(O)C(=O)NCC(=O)NS(=O)(=O)c1ccc(F)cc1)[C@H]1CC[C@H]2[C@@H]3CC[C@@H]4CCCC[C@]4(C)[C@H]3CC[C@]12C. The summed E-state index contributed by atoms with van der Waals surface area (Å²) in [5, 5.41) is 13.1. The lowest BCUT2D eigenvalue weighted by atomic mass is 9.44. The third-order valence-corrected chi connectivity index (χ3v) is 13.4. The molecular formula is C32H47FN2O5S. The van der Waals surface area contributed by atoms with Crippen LogP contribution >= 0.6 is 0 Å². The lowest BCUT2D eigenvalue weighted by Gasteiger charge is -2.61. The van der Waals surface area contributed by atoms with Gasteiger partial charge in [-0.2, -0.15) is 0 Å². The van der Waals surface area contributed by atoms with Crippen molar-refractivity contribution in [2.24, 2.45) is 46.3 Å². The summed E-state index contributed by atoms with van der Waals surface area (Å²) in [6.45, 7) is 6.62. The minimum atomic E-state index is -4.19. The van der Waals surface area contributed by atoms with Gasteiger partial charge in [-0.3, -0.25) is 9.59 Å². The highest BCUT2D eigenvalue weighted by atomic mass is 32.2. The van der Waals surface area contributed by atoms with Crippen LogP contribution in [0.25, 0.3) is 0 Å². The highest BCUT2D eigenvalue weighted by Crippen LogP contribution is 2.68. The van der Waals surface area contributed by atoms with Gasteiger partial charge in [0.15, 0.2) is 0 Å². The molecule has 4 fully saturated rings. The molecule has 4 saturated carbocycles. The Balaban J connectivity index is 1.14. The number of benzene rings is 1. The molecule has 9 atom stereocenters. The molecular weight excluding hydrogens is 543 g/mol. The number of carbonyl (C=O) groups is 2. The van der Waals surface area contributed by atoms with Gasteiger partial charge in [0, 0.05) is 0 Å². The van der Waals surface area contributed by atoms with Crippen LogP contribution in [0.15, 0.2) is 29.2 Å². The van der Waals surface area contributed by atoms with Crippen molar-refractivity contribution in [3.63, 3.8) is 0 Å². The predicted octanol–water partition coefficient (Wildman–Crippen LogP) is 5.18. The molecule has 2 amide bonds. The number of hydrogen-bond donors (Lipinski definition) is 3. The molecule has 1 aromatic rings. The maximum Gasteiger partial charge on any atom is 0.264 e. The third kappa shape index (κ3) is 5.82. The monoisotopic (exact) mass is 590 g/mol. The smallest absolute Gasteiger partial charge is 0.264 e. The van der Waals surface area contributed by atoms with E-state index < -0.39 is 40.3 Å². The molecule has 0 spiro atoms. The van der Waals surface area contributed by atoms with Gasteiger partial charge in [-0.15, -0.1) is 0 Å². The van der Waals surface area contributed by atoms with Crippen LogP contribution in [0.3, 0.4) is 0 Å². The Morgan fingerprint density at radius 2 is 1.68 bits per heavy atom. The average molecular weight is 591 g/mol. The number of aliphatic hydroxyl groups is 1. The summed E-state index contributed by atoms with van der Waals surface area (Å²) in [6, 6.07) is 4.07. The minimum Gasteiger partial charge on any atom is -0.383 e. The minimum absolute atomic E-state index is 0.150. The average Bonchev–Trinajstić information content (AvgIpc) is 3.28. The second kappa shape index (κ2) is 11.6. The maximum atomic E-state index is 13.1. The molecule has 0 aromatic heterocycles. The standard InChI is InChI=1S/C32H47FN2O5S/c1-20(18-28(36)30(38)34-19-29(37)35-41(39,40)23-10-8-22(33)9-11-23)25-13-14-26-24-12-7-21-6-4-5-16-31(21,2)27(24)15-17-32(25,26)3/h8-11,20-21,24-28,36H,4-7,12-19H2,1-3H3,(H,34,38)(H,35,37)/t20-,21+,24+,25-,26+,27+,28?,31+,32-/m1/s1. The topological polar surface area (TPSA) is 113 Å². The summed E-state index contributed by atoms with van der Waals surface area (Å²) in [5.74, 6) is 1.62. The number of sulfonamides is 1. The molecule has 0 radical (unpaired) electrons. The molecule has 228 valence electrons. The van der Waals surface area contributed by atoms with Gasteiger partial charge < -0.3 is 10.4 Å². The number of rotatable bonds is 8. The molecule has 41 heavy (non-hydrogen) atoms. The van der Waals surface area contributed by atoms with Crippen LogP contribution in [0, 0.1) is 52.2 Å². The summed E-state index contributed by atoms with van der Waals surface area (Å²) in [6.07, 6.45) is 12.2. The fourth-order valence-corrected chi connectivity index (χ4v) is 11.0. The lowest BCUT2D eigenvalue weighted by molar-refractivity contribution is -0.133. The van der Waals surface area contributed by atoms with Crippen molar-refractivity contribution < 1.29 is 27.5 Å². The van der Waals surface area contributed by atoms with Gasteiger partial charge >= 0.3 is 0 Å². The second-order valence-electron chi connectivity index (χ2n) is 14.1. The van der Waals surface area contributed by atoms with Crippen molar-refractivity contribution >= 4 is 21.8 Å². The summed E-state index contributed by atoms with van der Waals surface area (Å²) >= 11 is 0. The Bertz CT molecular complexity index is 1240. The number of nitrogens with one attached hydrogen (secondary N) is 2. The molecule has 4 aliphatic carbocycles. The van der Waals surface area contributed by atoms with E-state index in [-0.39, 0.29) is 16.2 Å². The Hall–Kier alpha value is -2.00. The molecule has 7 nitrogen and oxygen atoms in total. The highest BCUT2D eigenvalue weighted by Gasteiger charge is 2.60. The van der Waals surface area contributed by atoms with Crippen LogP contribution in [0.4, 0.5) is 4.39 Å². The van der Waals surface area contributed by atoms with Gasteiger partial charge in [-0.05, 0) is 128 Å². The zero-order chi connectivity index (χ0) is 29.6. The third-order valence-electron chi connectivity index (χ3n) is 12.0. The van der Waals surface area contributed by atoms with Gasteiger partial charge in [0.05, 0.1) is 11.4 Å². The van der Waals surface area contributed by atoms with Gasteiger partial charge in [0.1, 0.15) is 11.9 Å². The van der Waals surface area contributed by atoms with E-state index in [0.717, 1.165) is 48.4 Å². The Morgan fingerprint density at radius 3 is 2.41 bits per heavy atom. The van der Waals surface area contributed by atoms with E-state index >= 15 is 0 Å². The summed E-state index contributed by atoms with van der Waals surface area (Å²) in [4.78, 5) is 24.6. The number of carbonyl (C=O) groups excluding carboxylic acids is 2. The summed E-state index contributed by atoms with van der Waals surface area (Å²) in [7, 11) is -4.19. The molecule has 4 aliphatic rings. The van der Waals surface area contributed by atoms with Crippen molar-refractivity contribution in [2.45, 2.75) is 102 Å². The first kappa shape index (κ1) is 30.5. The number of amides is 2. The number of halogens is 1. The van der Waals surface area contributed by atoms with Crippen molar-refractivity contribution in [1.82, 2.24) is 10.0 Å². The van der Waals surface area contributed by atoms with Crippen molar-refractivity contribution in [1.29, 1.82) is 0 Å². The molecule has 9 heteroatoms. The van der Waals surface area contributed by atoms with Gasteiger partial charge in [-0.1, -0.05) is 33.6 Å². The van der Waals surface area contributed by atoms with E-state index in [0.29, 0.717) is 23.7 Å². The van der Waals surface area contributed by atoms with Crippen molar-refractivity contribution in [2.75, 3.05) is 6.54 Å². The largest absolute Gasteiger partial charge is 0.383 e. The summed E-state index contributed by atoms with van der Waals surface area (Å²) in [5.41, 5.74) is 0.731. The molecule has 3 N–H and O–H groups in total. The van der Waals surface area contributed by atoms with Crippen molar-refractivity contribution in [3.05, 3.63) is 30.1 Å². The fraction of sp³-hybridized carbons (Fsp3) is 0.750. The fourth-order valence-electron chi connectivity index (χ4n) is 10.0. The molecule has 0 bridgehead atoms. The Labute approximate surface area is 244 Å². The maximum absolute atomic E-state index is 13.1. The molecule has 0 heterocycles. The first-order chi connectivity index (χ1) is 19.3. The zero-order valence-electron chi connectivity index (χ0n) is 24.7. The van der Waals surface area contributed by atoms with E-state index in [1.165, 1.54) is 57.8 Å². The predicted molar refractivity (Wildman–Crippen MR) is 154 cm³/mol. The lowest BCUT2D eigenvalue weighted by Crippen LogP contribution is -2.53. The van der Waals surface area contributed by atoms with Gasteiger partial charge in [0.25, 0.3) is 15.9 Å². The Morgan fingerprint density at radius 1 is 0.976 bits per heavy atom. The zero-order valence-corrected chi connectivity index (χ0v) is 25.5. The van der Waals surface area contributed by atoms with E-state index in [2.05, 4.69) is 26.1 Å². The van der Waals surface area contributed by atoms with Crippen molar-refractivity contribution in [3.8, 4) is 0 Å². The second-order valence-corrected chi connectivity index (χ2v) is 15.7. The Kier molecular flexibility index (Phi) is 8.61. The number of aliphatic hydroxyl groups excluding tert-OH is 1. The van der Waals surface area contributed by atoms with Crippen LogP contribution in [-0.4, -0.2) is 38.0 Å². The van der Waals surface area contributed by atoms with Crippen LogP contribution in [0.5, 0.6) is 0 Å². The molecule has 0 aliphatic heterocycles. The molecule has 1 unspecified atom stereocenters. The van der Waals surface area contributed by atoms with Crippen LogP contribution in [0.1, 0.15) is 91.4 Å². The summed E-state index contributed by atoms with van der Waals surface area (Å²) < 4.78 is 39.6. The normalized spacial score (nSPS) is 36.3. The van der Waals surface area contributed by atoms with E-state index in [9.17, 15) is 27.5 Å². The first-order valence-corrected chi connectivity index (χ1v) is 17.1.